The Bertz CT molecular complexity index is 661. The third-order valence-corrected chi connectivity index (χ3v) is 11.5. The molecule has 0 bridgehead atoms. The molecule has 0 aromatic rings. The summed E-state index contributed by atoms with van der Waals surface area (Å²) in [5.74, 6) is 5.47. The van der Waals surface area contributed by atoms with Gasteiger partial charge in [-0.15, -0.1) is 0 Å². The Labute approximate surface area is 187 Å². The second-order valence-corrected chi connectivity index (χ2v) is 13.0. The summed E-state index contributed by atoms with van der Waals surface area (Å²) >= 11 is 0. The maximum Gasteiger partial charge on any atom is 0.0568 e. The van der Waals surface area contributed by atoms with E-state index >= 15 is 0 Å². The van der Waals surface area contributed by atoms with Gasteiger partial charge in [0.1, 0.15) is 0 Å². The van der Waals surface area contributed by atoms with Crippen LogP contribution < -0.4 is 0 Å². The van der Waals surface area contributed by atoms with Crippen LogP contribution in [0.15, 0.2) is 11.1 Å². The molecule has 0 aromatic heterocycles. The third kappa shape index (κ3) is 3.54. The molecule has 172 valence electrons. The van der Waals surface area contributed by atoms with Gasteiger partial charge in [-0.2, -0.15) is 0 Å². The minimum atomic E-state index is -0.0592. The lowest BCUT2D eigenvalue weighted by Crippen LogP contribution is -2.51. The number of hydrogen-bond donors (Lipinski definition) is 1. The van der Waals surface area contributed by atoms with E-state index < -0.39 is 0 Å². The summed E-state index contributed by atoms with van der Waals surface area (Å²) in [6.45, 7) is 17.4. The third-order valence-electron chi connectivity index (χ3n) is 11.5. The average Bonchev–Trinajstić information content (AvgIpc) is 3.06. The molecule has 0 unspecified atom stereocenters. The topological polar surface area (TPSA) is 20.2 Å². The molecular weight excluding hydrogens is 364 g/mol. The molecule has 0 heterocycles. The van der Waals surface area contributed by atoms with Gasteiger partial charge in [-0.1, -0.05) is 72.5 Å². The number of aliphatic hydroxyl groups excluding tert-OH is 1. The highest BCUT2D eigenvalue weighted by Gasteiger charge is 2.56. The van der Waals surface area contributed by atoms with Crippen molar-refractivity contribution in [1.29, 1.82) is 0 Å². The van der Waals surface area contributed by atoms with Gasteiger partial charge in [0.2, 0.25) is 0 Å². The fourth-order valence-electron chi connectivity index (χ4n) is 8.96. The monoisotopic (exact) mass is 414 g/mol. The highest BCUT2D eigenvalue weighted by atomic mass is 16.3. The molecule has 0 aromatic carbocycles. The summed E-state index contributed by atoms with van der Waals surface area (Å²) < 4.78 is 0. The van der Waals surface area contributed by atoms with Gasteiger partial charge in [-0.25, -0.2) is 0 Å². The van der Waals surface area contributed by atoms with Crippen molar-refractivity contribution in [2.45, 2.75) is 119 Å². The second kappa shape index (κ2) is 8.24. The zero-order valence-electron chi connectivity index (χ0n) is 21.1. The Morgan fingerprint density at radius 1 is 0.933 bits per heavy atom. The minimum Gasteiger partial charge on any atom is -0.393 e. The highest BCUT2D eigenvalue weighted by Crippen LogP contribution is 2.66. The van der Waals surface area contributed by atoms with E-state index in [9.17, 15) is 5.11 Å². The first-order valence-corrected chi connectivity index (χ1v) is 13.5. The van der Waals surface area contributed by atoms with Crippen LogP contribution in [0, 0.1) is 52.3 Å². The van der Waals surface area contributed by atoms with Crippen LogP contribution in [0.25, 0.3) is 0 Å². The number of fused-ring (bicyclic) bond motifs is 4. The van der Waals surface area contributed by atoms with Crippen molar-refractivity contribution in [3.8, 4) is 0 Å². The van der Waals surface area contributed by atoms with Crippen LogP contribution in [0.1, 0.15) is 113 Å². The maximum atomic E-state index is 10.5. The fourth-order valence-corrected chi connectivity index (χ4v) is 8.96. The number of hydrogen-bond acceptors (Lipinski definition) is 1. The molecule has 0 radical (unpaired) electrons. The summed E-state index contributed by atoms with van der Waals surface area (Å²) in [5, 5.41) is 10.5. The zero-order valence-corrected chi connectivity index (χ0v) is 21.1. The Kier molecular flexibility index (Phi) is 6.28. The molecule has 1 nitrogen and oxygen atoms in total. The minimum absolute atomic E-state index is 0.0592. The SMILES string of the molecule is CC(C)[C@H](C)CC[C@@H](C)[C@H]1CCC2=C3CC[C@H]4[C@H](C)[C@@H](O)CC[C@]4(C)[C@H]3CC[C@@]21C. The Morgan fingerprint density at radius 3 is 2.37 bits per heavy atom. The van der Waals surface area contributed by atoms with E-state index in [2.05, 4.69) is 48.5 Å². The lowest BCUT2D eigenvalue weighted by molar-refractivity contribution is -0.0779. The van der Waals surface area contributed by atoms with Gasteiger partial charge in [-0.3, -0.25) is 0 Å². The normalized spacial score (nSPS) is 45.7. The fraction of sp³-hybridized carbons (Fsp3) is 0.931. The van der Waals surface area contributed by atoms with E-state index in [0.29, 0.717) is 16.7 Å². The molecule has 9 atom stereocenters. The Morgan fingerprint density at radius 2 is 1.67 bits per heavy atom. The first-order valence-electron chi connectivity index (χ1n) is 13.5. The quantitative estimate of drug-likeness (QED) is 0.451. The maximum absolute atomic E-state index is 10.5. The highest BCUT2D eigenvalue weighted by molar-refractivity contribution is 5.35. The molecule has 0 saturated heterocycles. The lowest BCUT2D eigenvalue weighted by Gasteiger charge is -2.58. The smallest absolute Gasteiger partial charge is 0.0568 e. The largest absolute Gasteiger partial charge is 0.393 e. The molecule has 1 N–H and O–H groups in total. The van der Waals surface area contributed by atoms with Crippen molar-refractivity contribution in [1.82, 2.24) is 0 Å². The molecule has 0 amide bonds. The summed E-state index contributed by atoms with van der Waals surface area (Å²) in [6.07, 6.45) is 13.3. The molecule has 30 heavy (non-hydrogen) atoms. The van der Waals surface area contributed by atoms with E-state index in [1.54, 1.807) is 0 Å². The second-order valence-electron chi connectivity index (χ2n) is 13.0. The predicted octanol–water partition coefficient (Wildman–Crippen LogP) is 8.02. The van der Waals surface area contributed by atoms with Crippen LogP contribution in [-0.2, 0) is 0 Å². The van der Waals surface area contributed by atoms with E-state index in [-0.39, 0.29) is 6.10 Å². The first-order chi connectivity index (χ1) is 14.1. The lowest BCUT2D eigenvalue weighted by atomic mass is 9.47. The molecule has 4 rings (SSSR count). The van der Waals surface area contributed by atoms with Gasteiger partial charge in [0.25, 0.3) is 0 Å². The van der Waals surface area contributed by atoms with Crippen LogP contribution in [0.4, 0.5) is 0 Å². The van der Waals surface area contributed by atoms with E-state index in [0.717, 1.165) is 41.9 Å². The van der Waals surface area contributed by atoms with E-state index in [4.69, 9.17) is 0 Å². The summed E-state index contributed by atoms with van der Waals surface area (Å²) in [6, 6.07) is 0. The van der Waals surface area contributed by atoms with E-state index in [1.165, 1.54) is 57.8 Å². The number of aliphatic hydroxyl groups is 1. The molecular formula is C29H50O. The van der Waals surface area contributed by atoms with Crippen molar-refractivity contribution in [2.75, 3.05) is 0 Å². The van der Waals surface area contributed by atoms with Crippen LogP contribution in [0.5, 0.6) is 0 Å². The van der Waals surface area contributed by atoms with Gasteiger partial charge in [0.05, 0.1) is 6.10 Å². The molecule has 1 heteroatoms. The summed E-state index contributed by atoms with van der Waals surface area (Å²) in [7, 11) is 0. The summed E-state index contributed by atoms with van der Waals surface area (Å²) in [5.41, 5.74) is 4.76. The van der Waals surface area contributed by atoms with Crippen LogP contribution in [0.2, 0.25) is 0 Å². The van der Waals surface area contributed by atoms with Gasteiger partial charge >= 0.3 is 0 Å². The molecule has 0 aliphatic heterocycles. The molecule has 0 spiro atoms. The van der Waals surface area contributed by atoms with Crippen molar-refractivity contribution in [3.05, 3.63) is 11.1 Å². The van der Waals surface area contributed by atoms with Gasteiger partial charge in [0, 0.05) is 0 Å². The summed E-state index contributed by atoms with van der Waals surface area (Å²) in [4.78, 5) is 0. The molecule has 3 fully saturated rings. The zero-order chi connectivity index (χ0) is 21.8. The standard InChI is InChI=1S/C29H50O/c1-18(2)19(3)8-9-20(4)23-12-13-25-22-10-11-24-21(5)27(30)15-17-29(24,7)26(22)14-16-28(23,25)6/h18-21,23-24,26-27,30H,8-17H2,1-7H3/t19-,20-,21+,23-,24+,26+,27+,28-,29+/m1/s1. The van der Waals surface area contributed by atoms with Gasteiger partial charge < -0.3 is 5.11 Å². The van der Waals surface area contributed by atoms with Crippen molar-refractivity contribution in [3.63, 3.8) is 0 Å². The van der Waals surface area contributed by atoms with Crippen molar-refractivity contribution >= 4 is 0 Å². The van der Waals surface area contributed by atoms with E-state index in [1.807, 2.05) is 11.1 Å². The molecule has 4 aliphatic rings. The van der Waals surface area contributed by atoms with Crippen LogP contribution in [0.3, 0.4) is 0 Å². The van der Waals surface area contributed by atoms with Crippen LogP contribution in [-0.4, -0.2) is 11.2 Å². The molecule has 4 aliphatic carbocycles. The first kappa shape index (κ1) is 22.9. The van der Waals surface area contributed by atoms with Crippen molar-refractivity contribution < 1.29 is 5.11 Å². The molecule has 3 saturated carbocycles. The predicted molar refractivity (Wildman–Crippen MR) is 128 cm³/mol. The Balaban J connectivity index is 1.55. The average molecular weight is 415 g/mol. The Hall–Kier alpha value is -0.300. The van der Waals surface area contributed by atoms with Gasteiger partial charge in [-0.05, 0) is 104 Å². The van der Waals surface area contributed by atoms with Gasteiger partial charge in [0.15, 0.2) is 0 Å². The number of allylic oxidation sites excluding steroid dienone is 2. The number of rotatable bonds is 5. The van der Waals surface area contributed by atoms with Crippen LogP contribution >= 0.6 is 0 Å². The van der Waals surface area contributed by atoms with Crippen molar-refractivity contribution in [2.24, 2.45) is 52.3 Å².